The molecule has 0 bridgehead atoms. The number of carbonyl (C=O) groups is 1. The van der Waals surface area contributed by atoms with Gasteiger partial charge in [-0.15, -0.1) is 0 Å². The first-order chi connectivity index (χ1) is 10.7. The number of hydrogen-bond donors (Lipinski definition) is 1. The summed E-state index contributed by atoms with van der Waals surface area (Å²) in [4.78, 5) is 12.4. The number of esters is 1. The minimum absolute atomic E-state index is 0.259. The van der Waals surface area contributed by atoms with Gasteiger partial charge in [0.25, 0.3) is 0 Å². The highest BCUT2D eigenvalue weighted by Gasteiger charge is 2.37. The zero-order valence-electron chi connectivity index (χ0n) is 12.1. The maximum atomic E-state index is 12.4. The van der Waals surface area contributed by atoms with E-state index in [9.17, 15) is 4.79 Å². The van der Waals surface area contributed by atoms with Crippen LogP contribution < -0.4 is 10.5 Å². The Bertz CT molecular complexity index is 717. The molecule has 0 aromatic heterocycles. The van der Waals surface area contributed by atoms with Gasteiger partial charge in [0.15, 0.2) is 0 Å². The highest BCUT2D eigenvalue weighted by molar-refractivity contribution is 6.30. The Morgan fingerprint density at radius 3 is 2.68 bits per heavy atom. The fourth-order valence-corrected chi connectivity index (χ4v) is 3.11. The first-order valence-electron chi connectivity index (χ1n) is 6.99. The van der Waals surface area contributed by atoms with E-state index in [4.69, 9.17) is 26.8 Å². The number of fused-ring (bicyclic) bond motifs is 2. The summed E-state index contributed by atoms with van der Waals surface area (Å²) in [5.41, 5.74) is 7.57. The van der Waals surface area contributed by atoms with Crippen LogP contribution in [-0.4, -0.2) is 19.6 Å². The normalized spacial score (nSPS) is 19.4. The second kappa shape index (κ2) is 5.99. The topological polar surface area (TPSA) is 61.5 Å². The summed E-state index contributed by atoms with van der Waals surface area (Å²) in [5, 5.41) is 0.579. The van der Waals surface area contributed by atoms with Crippen molar-refractivity contribution in [2.24, 2.45) is 5.73 Å². The molecular formula is C17H16ClNO3. The summed E-state index contributed by atoms with van der Waals surface area (Å²) < 4.78 is 11.0. The second-order valence-electron chi connectivity index (χ2n) is 5.17. The molecule has 2 N–H and O–H groups in total. The van der Waals surface area contributed by atoms with Crippen LogP contribution in [0, 0.1) is 0 Å². The molecule has 0 radical (unpaired) electrons. The van der Waals surface area contributed by atoms with Gasteiger partial charge in [0, 0.05) is 28.6 Å². The average molecular weight is 318 g/mol. The largest absolute Gasteiger partial charge is 0.469 e. The molecule has 114 valence electrons. The van der Waals surface area contributed by atoms with Crippen LogP contribution in [-0.2, 0) is 9.53 Å². The van der Waals surface area contributed by atoms with Crippen LogP contribution >= 0.6 is 11.6 Å². The number of rotatable bonds is 2. The van der Waals surface area contributed by atoms with E-state index in [0.717, 1.165) is 11.1 Å². The molecule has 0 saturated heterocycles. The Hall–Kier alpha value is -2.04. The molecule has 1 heterocycles. The number of halogens is 1. The molecule has 5 heteroatoms. The van der Waals surface area contributed by atoms with Gasteiger partial charge in [-0.05, 0) is 24.3 Å². The minimum atomic E-state index is -0.522. The van der Waals surface area contributed by atoms with Gasteiger partial charge >= 0.3 is 5.97 Å². The molecule has 1 aliphatic rings. The summed E-state index contributed by atoms with van der Waals surface area (Å²) in [6.07, 6.45) is 0. The predicted molar refractivity (Wildman–Crippen MR) is 84.5 cm³/mol. The maximum absolute atomic E-state index is 12.4. The van der Waals surface area contributed by atoms with E-state index < -0.39 is 5.92 Å². The molecule has 3 rings (SSSR count). The summed E-state index contributed by atoms with van der Waals surface area (Å²) in [5.74, 6) is 0.186. The van der Waals surface area contributed by atoms with Crippen molar-refractivity contribution in [2.45, 2.75) is 11.8 Å². The monoisotopic (exact) mass is 317 g/mol. The number of para-hydroxylation sites is 1. The van der Waals surface area contributed by atoms with Crippen LogP contribution in [0.4, 0.5) is 0 Å². The van der Waals surface area contributed by atoms with Gasteiger partial charge < -0.3 is 15.2 Å². The molecule has 0 spiro atoms. The van der Waals surface area contributed by atoms with Crippen molar-refractivity contribution >= 4 is 17.6 Å². The van der Waals surface area contributed by atoms with Gasteiger partial charge in [-0.2, -0.15) is 0 Å². The molecule has 2 aromatic carbocycles. The lowest BCUT2D eigenvalue weighted by Crippen LogP contribution is -2.26. The number of hydrogen-bond acceptors (Lipinski definition) is 4. The zero-order valence-corrected chi connectivity index (χ0v) is 12.8. The van der Waals surface area contributed by atoms with Gasteiger partial charge in [0.1, 0.15) is 11.5 Å². The molecule has 0 amide bonds. The molecule has 0 fully saturated rings. The quantitative estimate of drug-likeness (QED) is 0.862. The number of nitrogens with two attached hydrogens (primary N) is 1. The van der Waals surface area contributed by atoms with Crippen LogP contribution in [0.3, 0.4) is 0 Å². The van der Waals surface area contributed by atoms with Crippen LogP contribution in [0.15, 0.2) is 42.5 Å². The SMILES string of the molecule is COC(=O)C1c2ccccc2Oc2ccc(Cl)cc2C1CN. The molecule has 2 aromatic rings. The average Bonchev–Trinajstić information content (AvgIpc) is 2.67. The zero-order chi connectivity index (χ0) is 15.7. The molecule has 0 saturated carbocycles. The Balaban J connectivity index is 2.25. The number of benzene rings is 2. The minimum Gasteiger partial charge on any atom is -0.469 e. The fraction of sp³-hybridized carbons (Fsp3) is 0.235. The van der Waals surface area contributed by atoms with Crippen LogP contribution in [0.1, 0.15) is 23.0 Å². The van der Waals surface area contributed by atoms with E-state index in [-0.39, 0.29) is 18.4 Å². The molecule has 0 aliphatic carbocycles. The standard InChI is InChI=1S/C17H16ClNO3/c1-21-17(20)16-11-4-2-3-5-14(11)22-15-7-6-10(18)8-12(15)13(16)9-19/h2-8,13,16H,9,19H2,1H3. The second-order valence-corrected chi connectivity index (χ2v) is 5.60. The van der Waals surface area contributed by atoms with Crippen molar-refractivity contribution in [1.82, 2.24) is 0 Å². The van der Waals surface area contributed by atoms with Gasteiger partial charge in [-0.3, -0.25) is 4.79 Å². The number of ether oxygens (including phenoxy) is 2. The molecule has 22 heavy (non-hydrogen) atoms. The summed E-state index contributed by atoms with van der Waals surface area (Å²) in [6.45, 7) is 0.283. The summed E-state index contributed by atoms with van der Waals surface area (Å²) in [6, 6.07) is 12.8. The van der Waals surface area contributed by atoms with E-state index in [0.29, 0.717) is 16.5 Å². The van der Waals surface area contributed by atoms with Gasteiger partial charge in [0.2, 0.25) is 0 Å². The van der Waals surface area contributed by atoms with Crippen molar-refractivity contribution in [3.63, 3.8) is 0 Å². The van der Waals surface area contributed by atoms with Crippen molar-refractivity contribution < 1.29 is 14.3 Å². The van der Waals surface area contributed by atoms with Crippen molar-refractivity contribution in [2.75, 3.05) is 13.7 Å². The van der Waals surface area contributed by atoms with Crippen molar-refractivity contribution in [1.29, 1.82) is 0 Å². The van der Waals surface area contributed by atoms with Crippen LogP contribution in [0.2, 0.25) is 5.02 Å². The Labute approximate surface area is 133 Å². The highest BCUT2D eigenvalue weighted by atomic mass is 35.5. The first kappa shape index (κ1) is 14.9. The molecular weight excluding hydrogens is 302 g/mol. The highest BCUT2D eigenvalue weighted by Crippen LogP contribution is 2.46. The molecule has 2 unspecified atom stereocenters. The summed E-state index contributed by atoms with van der Waals surface area (Å²) in [7, 11) is 1.38. The van der Waals surface area contributed by atoms with Gasteiger partial charge in [0.05, 0.1) is 13.0 Å². The van der Waals surface area contributed by atoms with E-state index in [1.165, 1.54) is 7.11 Å². The lowest BCUT2D eigenvalue weighted by atomic mass is 9.81. The summed E-state index contributed by atoms with van der Waals surface area (Å²) >= 11 is 6.11. The molecule has 1 aliphatic heterocycles. The van der Waals surface area contributed by atoms with Crippen LogP contribution in [0.5, 0.6) is 11.5 Å². The van der Waals surface area contributed by atoms with E-state index >= 15 is 0 Å². The molecule has 2 atom stereocenters. The third-order valence-corrected chi connectivity index (χ3v) is 4.19. The van der Waals surface area contributed by atoms with Crippen molar-refractivity contribution in [3.05, 3.63) is 58.6 Å². The Morgan fingerprint density at radius 2 is 1.95 bits per heavy atom. The lowest BCUT2D eigenvalue weighted by molar-refractivity contribution is -0.143. The third-order valence-electron chi connectivity index (χ3n) is 3.96. The molecule has 4 nitrogen and oxygen atoms in total. The predicted octanol–water partition coefficient (Wildman–Crippen LogP) is 3.44. The third kappa shape index (κ3) is 2.45. The Kier molecular flexibility index (Phi) is 4.05. The number of carbonyl (C=O) groups excluding carboxylic acids is 1. The first-order valence-corrected chi connectivity index (χ1v) is 7.37. The smallest absolute Gasteiger partial charge is 0.313 e. The van der Waals surface area contributed by atoms with Gasteiger partial charge in [-0.25, -0.2) is 0 Å². The van der Waals surface area contributed by atoms with E-state index in [1.807, 2.05) is 24.3 Å². The fourth-order valence-electron chi connectivity index (χ4n) is 2.93. The van der Waals surface area contributed by atoms with Crippen LogP contribution in [0.25, 0.3) is 0 Å². The van der Waals surface area contributed by atoms with Gasteiger partial charge in [-0.1, -0.05) is 29.8 Å². The Morgan fingerprint density at radius 1 is 1.23 bits per heavy atom. The maximum Gasteiger partial charge on any atom is 0.313 e. The van der Waals surface area contributed by atoms with E-state index in [2.05, 4.69) is 0 Å². The van der Waals surface area contributed by atoms with E-state index in [1.54, 1.807) is 18.2 Å². The van der Waals surface area contributed by atoms with Crippen molar-refractivity contribution in [3.8, 4) is 11.5 Å². The number of methoxy groups -OCH3 is 1. The lowest BCUT2D eigenvalue weighted by Gasteiger charge is -2.23.